The van der Waals surface area contributed by atoms with Gasteiger partial charge in [-0.25, -0.2) is 4.39 Å². The molecule has 0 radical (unpaired) electrons. The molecule has 1 aliphatic carbocycles. The van der Waals surface area contributed by atoms with Crippen LogP contribution in [0.4, 0.5) is 17.6 Å². The predicted molar refractivity (Wildman–Crippen MR) is 49.9 cm³/mol. The van der Waals surface area contributed by atoms with Crippen molar-refractivity contribution >= 4 is 5.97 Å². The van der Waals surface area contributed by atoms with Crippen LogP contribution in [0, 0.1) is 11.7 Å². The van der Waals surface area contributed by atoms with Gasteiger partial charge in [0, 0.05) is 0 Å². The molecule has 6 heteroatoms. The number of alkyl halides is 3. The highest BCUT2D eigenvalue weighted by molar-refractivity contribution is 5.75. The standard InChI is InChI=1S/C11H8F4O2/c12-9-2-1-5(3-8(9)11(13,14)15)6-4-7(6)10(16)17/h1-3,6-7H,4H2,(H,16,17). The normalized spacial score (nSPS) is 23.5. The number of hydrogen-bond acceptors (Lipinski definition) is 1. The average Bonchev–Trinajstić information content (AvgIpc) is 2.96. The summed E-state index contributed by atoms with van der Waals surface area (Å²) in [6, 6.07) is 2.64. The van der Waals surface area contributed by atoms with Crippen molar-refractivity contribution in [2.24, 2.45) is 5.92 Å². The molecule has 1 fully saturated rings. The molecule has 1 saturated carbocycles. The van der Waals surface area contributed by atoms with E-state index in [0.717, 1.165) is 6.07 Å². The van der Waals surface area contributed by atoms with Gasteiger partial charge in [-0.1, -0.05) is 6.07 Å². The molecule has 0 amide bonds. The topological polar surface area (TPSA) is 37.3 Å². The predicted octanol–water partition coefficient (Wildman–Crippen LogP) is 3.03. The Kier molecular flexibility index (Phi) is 2.60. The number of carbonyl (C=O) groups is 1. The summed E-state index contributed by atoms with van der Waals surface area (Å²) >= 11 is 0. The van der Waals surface area contributed by atoms with Crippen LogP contribution in [0.3, 0.4) is 0 Å². The van der Waals surface area contributed by atoms with E-state index in [2.05, 4.69) is 0 Å². The first-order valence-electron chi connectivity index (χ1n) is 4.90. The molecule has 0 aromatic heterocycles. The second-order valence-electron chi connectivity index (χ2n) is 4.02. The number of benzene rings is 1. The van der Waals surface area contributed by atoms with E-state index in [-0.39, 0.29) is 5.56 Å². The van der Waals surface area contributed by atoms with Crippen LogP contribution in [0.5, 0.6) is 0 Å². The number of aliphatic carboxylic acids is 1. The summed E-state index contributed by atoms with van der Waals surface area (Å²) in [6.07, 6.45) is -4.45. The molecule has 0 saturated heterocycles. The Morgan fingerprint density at radius 2 is 2.00 bits per heavy atom. The van der Waals surface area contributed by atoms with Crippen molar-refractivity contribution in [2.75, 3.05) is 0 Å². The lowest BCUT2D eigenvalue weighted by Gasteiger charge is -2.09. The van der Waals surface area contributed by atoms with Crippen LogP contribution >= 0.6 is 0 Å². The molecule has 2 nitrogen and oxygen atoms in total. The van der Waals surface area contributed by atoms with Crippen molar-refractivity contribution in [3.8, 4) is 0 Å². The summed E-state index contributed by atoms with van der Waals surface area (Å²) in [6.45, 7) is 0. The quantitative estimate of drug-likeness (QED) is 0.817. The molecule has 2 atom stereocenters. The van der Waals surface area contributed by atoms with Gasteiger partial charge in [0.05, 0.1) is 11.5 Å². The lowest BCUT2D eigenvalue weighted by Crippen LogP contribution is -2.09. The first-order valence-corrected chi connectivity index (χ1v) is 4.90. The zero-order valence-corrected chi connectivity index (χ0v) is 8.46. The lowest BCUT2D eigenvalue weighted by atomic mass is 10.0. The van der Waals surface area contributed by atoms with Crippen molar-refractivity contribution in [3.05, 3.63) is 35.1 Å². The highest BCUT2D eigenvalue weighted by Gasteiger charge is 2.45. The number of carboxylic acids is 1. The molecular formula is C11H8F4O2. The second-order valence-corrected chi connectivity index (χ2v) is 4.02. The molecule has 0 bridgehead atoms. The van der Waals surface area contributed by atoms with Crippen LogP contribution in [-0.4, -0.2) is 11.1 Å². The van der Waals surface area contributed by atoms with E-state index in [1.165, 1.54) is 6.07 Å². The maximum atomic E-state index is 13.0. The van der Waals surface area contributed by atoms with Gasteiger partial charge in [-0.2, -0.15) is 13.2 Å². The highest BCUT2D eigenvalue weighted by Crippen LogP contribution is 2.48. The van der Waals surface area contributed by atoms with E-state index in [4.69, 9.17) is 5.11 Å². The van der Waals surface area contributed by atoms with Gasteiger partial charge >= 0.3 is 12.1 Å². The van der Waals surface area contributed by atoms with Crippen molar-refractivity contribution in [1.29, 1.82) is 0 Å². The van der Waals surface area contributed by atoms with Crippen molar-refractivity contribution in [1.82, 2.24) is 0 Å². The van der Waals surface area contributed by atoms with E-state index in [1.54, 1.807) is 0 Å². The lowest BCUT2D eigenvalue weighted by molar-refractivity contribution is -0.140. The van der Waals surface area contributed by atoms with E-state index in [1.807, 2.05) is 0 Å². The zero-order valence-electron chi connectivity index (χ0n) is 8.46. The van der Waals surface area contributed by atoms with Gasteiger partial charge in [0.1, 0.15) is 5.82 Å². The Hall–Kier alpha value is -1.59. The summed E-state index contributed by atoms with van der Waals surface area (Å²) in [4.78, 5) is 10.6. The molecule has 0 spiro atoms. The molecule has 92 valence electrons. The fourth-order valence-electron chi connectivity index (χ4n) is 1.83. The monoisotopic (exact) mass is 248 g/mol. The number of rotatable bonds is 2. The van der Waals surface area contributed by atoms with Gasteiger partial charge in [-0.05, 0) is 30.0 Å². The van der Waals surface area contributed by atoms with Gasteiger partial charge in [0.15, 0.2) is 0 Å². The van der Waals surface area contributed by atoms with Crippen LogP contribution in [0.15, 0.2) is 18.2 Å². The third-order valence-corrected chi connectivity index (χ3v) is 2.83. The van der Waals surface area contributed by atoms with Crippen LogP contribution in [-0.2, 0) is 11.0 Å². The molecule has 2 rings (SSSR count). The van der Waals surface area contributed by atoms with Crippen LogP contribution in [0.2, 0.25) is 0 Å². The summed E-state index contributed by atoms with van der Waals surface area (Å²) < 4.78 is 50.2. The Bertz CT molecular complexity index is 467. The largest absolute Gasteiger partial charge is 0.481 e. The smallest absolute Gasteiger partial charge is 0.419 e. The number of halogens is 4. The van der Waals surface area contributed by atoms with Gasteiger partial charge in [-0.3, -0.25) is 4.79 Å². The third kappa shape index (κ3) is 2.25. The van der Waals surface area contributed by atoms with E-state index in [9.17, 15) is 22.4 Å². The number of carboxylic acid groups (broad SMARTS) is 1. The van der Waals surface area contributed by atoms with Crippen molar-refractivity contribution in [2.45, 2.75) is 18.5 Å². The summed E-state index contributed by atoms with van der Waals surface area (Å²) in [5, 5.41) is 8.67. The molecular weight excluding hydrogens is 240 g/mol. The number of hydrogen-bond donors (Lipinski definition) is 1. The first-order chi connectivity index (χ1) is 7.80. The van der Waals surface area contributed by atoms with Crippen LogP contribution in [0.25, 0.3) is 0 Å². The van der Waals surface area contributed by atoms with Gasteiger partial charge in [0.2, 0.25) is 0 Å². The fourth-order valence-corrected chi connectivity index (χ4v) is 1.83. The Labute approximate surface area is 93.9 Å². The fraction of sp³-hybridized carbons (Fsp3) is 0.364. The van der Waals surface area contributed by atoms with E-state index >= 15 is 0 Å². The minimum absolute atomic E-state index is 0.228. The van der Waals surface area contributed by atoms with Crippen molar-refractivity contribution in [3.63, 3.8) is 0 Å². The van der Waals surface area contributed by atoms with Gasteiger partial charge < -0.3 is 5.11 Å². The molecule has 0 heterocycles. The molecule has 1 aromatic rings. The molecule has 1 aromatic carbocycles. The van der Waals surface area contributed by atoms with Gasteiger partial charge in [0.25, 0.3) is 0 Å². The van der Waals surface area contributed by atoms with E-state index in [0.29, 0.717) is 12.5 Å². The second kappa shape index (κ2) is 3.72. The van der Waals surface area contributed by atoms with E-state index < -0.39 is 35.4 Å². The summed E-state index contributed by atoms with van der Waals surface area (Å²) in [7, 11) is 0. The summed E-state index contributed by atoms with van der Waals surface area (Å²) in [5.41, 5.74) is -1.11. The van der Waals surface area contributed by atoms with Crippen molar-refractivity contribution < 1.29 is 27.5 Å². The molecule has 0 aliphatic heterocycles. The molecule has 1 N–H and O–H groups in total. The van der Waals surface area contributed by atoms with Gasteiger partial charge in [-0.15, -0.1) is 0 Å². The molecule has 2 unspecified atom stereocenters. The Morgan fingerprint density at radius 1 is 1.35 bits per heavy atom. The summed E-state index contributed by atoms with van der Waals surface area (Å²) in [5.74, 6) is -3.46. The molecule has 1 aliphatic rings. The average molecular weight is 248 g/mol. The Balaban J connectivity index is 2.30. The highest BCUT2D eigenvalue weighted by atomic mass is 19.4. The molecule has 17 heavy (non-hydrogen) atoms. The minimum Gasteiger partial charge on any atom is -0.481 e. The SMILES string of the molecule is O=C(O)C1CC1c1ccc(F)c(C(F)(F)F)c1. The third-order valence-electron chi connectivity index (χ3n) is 2.83. The maximum Gasteiger partial charge on any atom is 0.419 e. The minimum atomic E-state index is -4.76. The van der Waals surface area contributed by atoms with Crippen LogP contribution in [0.1, 0.15) is 23.5 Å². The Morgan fingerprint density at radius 3 is 2.47 bits per heavy atom. The zero-order chi connectivity index (χ0) is 12.8. The maximum absolute atomic E-state index is 13.0. The van der Waals surface area contributed by atoms with Crippen LogP contribution < -0.4 is 0 Å². The first kappa shape index (κ1) is 11.9.